The Labute approximate surface area is 141 Å². The third-order valence-electron chi connectivity index (χ3n) is 4.56. The lowest BCUT2D eigenvalue weighted by atomic mass is 10.1. The molecule has 0 radical (unpaired) electrons. The van der Waals surface area contributed by atoms with E-state index < -0.39 is 0 Å². The van der Waals surface area contributed by atoms with Crippen LogP contribution in [0, 0.1) is 0 Å². The number of benzene rings is 1. The number of carbonyl (C=O) groups is 3. The van der Waals surface area contributed by atoms with Crippen LogP contribution >= 0.6 is 0 Å². The zero-order chi connectivity index (χ0) is 16.9. The Bertz CT molecular complexity index is 621. The maximum atomic E-state index is 12.3. The first kappa shape index (κ1) is 16.5. The maximum Gasteiger partial charge on any atom is 0.253 e. The maximum absolute atomic E-state index is 12.3. The summed E-state index contributed by atoms with van der Waals surface area (Å²) in [6.07, 6.45) is 4.51. The molecule has 0 unspecified atom stereocenters. The van der Waals surface area contributed by atoms with Crippen LogP contribution in [0.2, 0.25) is 0 Å². The Morgan fingerprint density at radius 1 is 0.958 bits per heavy atom. The molecular weight excluding hydrogens is 306 g/mol. The van der Waals surface area contributed by atoms with E-state index in [2.05, 4.69) is 5.32 Å². The molecule has 2 fully saturated rings. The number of nitrogens with zero attached hydrogens (tertiary/aromatic N) is 2. The van der Waals surface area contributed by atoms with Crippen LogP contribution in [-0.2, 0) is 9.59 Å². The molecule has 6 heteroatoms. The summed E-state index contributed by atoms with van der Waals surface area (Å²) in [6.45, 7) is 2.38. The van der Waals surface area contributed by atoms with Gasteiger partial charge in [-0.25, -0.2) is 0 Å². The topological polar surface area (TPSA) is 69.7 Å². The van der Waals surface area contributed by atoms with Crippen molar-refractivity contribution in [2.75, 3.05) is 31.5 Å². The highest BCUT2D eigenvalue weighted by Crippen LogP contribution is 2.16. The molecule has 3 amide bonds. The van der Waals surface area contributed by atoms with E-state index in [4.69, 9.17) is 0 Å². The quantitative estimate of drug-likeness (QED) is 0.917. The number of anilines is 1. The van der Waals surface area contributed by atoms with Gasteiger partial charge in [0.1, 0.15) is 0 Å². The van der Waals surface area contributed by atoms with E-state index in [0.29, 0.717) is 24.2 Å². The normalized spacial score (nSPS) is 17.9. The molecule has 0 bridgehead atoms. The van der Waals surface area contributed by atoms with E-state index in [-0.39, 0.29) is 24.3 Å². The number of nitrogens with one attached hydrogen (secondary N) is 1. The zero-order valence-electron chi connectivity index (χ0n) is 13.8. The summed E-state index contributed by atoms with van der Waals surface area (Å²) in [6, 6.07) is 6.95. The SMILES string of the molecule is O=C(CN1CCCCC1=O)Nc1ccc(C(=O)N2CCCC2)cc1. The molecule has 6 nitrogen and oxygen atoms in total. The average Bonchev–Trinajstić information content (AvgIpc) is 3.11. The van der Waals surface area contributed by atoms with Crippen molar-refractivity contribution >= 4 is 23.4 Å². The molecule has 1 N–H and O–H groups in total. The summed E-state index contributed by atoms with van der Waals surface area (Å²) in [5.41, 5.74) is 1.28. The van der Waals surface area contributed by atoms with Gasteiger partial charge in [-0.05, 0) is 49.9 Å². The fraction of sp³-hybridized carbons (Fsp3) is 0.500. The fourth-order valence-electron chi connectivity index (χ4n) is 3.20. The molecule has 0 aliphatic carbocycles. The van der Waals surface area contributed by atoms with Crippen molar-refractivity contribution in [3.05, 3.63) is 29.8 Å². The van der Waals surface area contributed by atoms with Crippen LogP contribution in [0.25, 0.3) is 0 Å². The lowest BCUT2D eigenvalue weighted by Gasteiger charge is -2.26. The molecule has 2 aliphatic rings. The number of hydrogen-bond donors (Lipinski definition) is 1. The lowest BCUT2D eigenvalue weighted by Crippen LogP contribution is -2.40. The van der Waals surface area contributed by atoms with Gasteiger partial charge in [-0.2, -0.15) is 0 Å². The van der Waals surface area contributed by atoms with Crippen LogP contribution in [0.5, 0.6) is 0 Å². The molecule has 2 aliphatic heterocycles. The predicted molar refractivity (Wildman–Crippen MR) is 90.6 cm³/mol. The Kier molecular flexibility index (Phi) is 5.13. The van der Waals surface area contributed by atoms with E-state index in [9.17, 15) is 14.4 Å². The molecule has 0 atom stereocenters. The highest BCUT2D eigenvalue weighted by atomic mass is 16.2. The van der Waals surface area contributed by atoms with Crippen molar-refractivity contribution in [1.82, 2.24) is 9.80 Å². The molecule has 128 valence electrons. The van der Waals surface area contributed by atoms with Crippen LogP contribution in [0.3, 0.4) is 0 Å². The molecule has 2 heterocycles. The Morgan fingerprint density at radius 2 is 1.62 bits per heavy atom. The second-order valence-electron chi connectivity index (χ2n) is 6.40. The highest BCUT2D eigenvalue weighted by Gasteiger charge is 2.21. The van der Waals surface area contributed by atoms with Crippen molar-refractivity contribution in [2.45, 2.75) is 32.1 Å². The summed E-state index contributed by atoms with van der Waals surface area (Å²) in [7, 11) is 0. The third kappa shape index (κ3) is 3.93. The van der Waals surface area contributed by atoms with Crippen molar-refractivity contribution in [3.8, 4) is 0 Å². The lowest BCUT2D eigenvalue weighted by molar-refractivity contribution is -0.136. The average molecular weight is 329 g/mol. The summed E-state index contributed by atoms with van der Waals surface area (Å²) in [4.78, 5) is 39.5. The number of likely N-dealkylation sites (tertiary alicyclic amines) is 2. The standard InChI is InChI=1S/C18H23N3O3/c22-16(13-21-12-2-1-5-17(21)23)19-15-8-6-14(7-9-15)18(24)20-10-3-4-11-20/h6-9H,1-5,10-13H2,(H,19,22). The molecule has 0 aromatic heterocycles. The van der Waals surface area contributed by atoms with E-state index >= 15 is 0 Å². The zero-order valence-corrected chi connectivity index (χ0v) is 13.8. The molecule has 24 heavy (non-hydrogen) atoms. The van der Waals surface area contributed by atoms with Crippen LogP contribution in [0.4, 0.5) is 5.69 Å². The Morgan fingerprint density at radius 3 is 2.29 bits per heavy atom. The Balaban J connectivity index is 1.54. The summed E-state index contributed by atoms with van der Waals surface area (Å²) in [5, 5.41) is 2.79. The summed E-state index contributed by atoms with van der Waals surface area (Å²) in [5.74, 6) is -0.115. The van der Waals surface area contributed by atoms with Crippen molar-refractivity contribution in [2.24, 2.45) is 0 Å². The first-order valence-electron chi connectivity index (χ1n) is 8.60. The number of hydrogen-bond acceptors (Lipinski definition) is 3. The minimum Gasteiger partial charge on any atom is -0.339 e. The summed E-state index contributed by atoms with van der Waals surface area (Å²) < 4.78 is 0. The minimum absolute atomic E-state index is 0.0444. The molecule has 2 saturated heterocycles. The van der Waals surface area contributed by atoms with E-state index in [1.807, 2.05) is 4.90 Å². The van der Waals surface area contributed by atoms with Crippen molar-refractivity contribution in [3.63, 3.8) is 0 Å². The molecule has 0 spiro atoms. The van der Waals surface area contributed by atoms with E-state index in [1.165, 1.54) is 0 Å². The molecule has 1 aromatic carbocycles. The fourth-order valence-corrected chi connectivity index (χ4v) is 3.20. The van der Waals surface area contributed by atoms with Gasteiger partial charge in [-0.1, -0.05) is 0 Å². The first-order chi connectivity index (χ1) is 11.6. The Hall–Kier alpha value is -2.37. The van der Waals surface area contributed by atoms with Gasteiger partial charge in [0.05, 0.1) is 6.54 Å². The number of carbonyl (C=O) groups excluding carboxylic acids is 3. The van der Waals surface area contributed by atoms with Crippen LogP contribution in [-0.4, -0.2) is 53.7 Å². The monoisotopic (exact) mass is 329 g/mol. The minimum atomic E-state index is -0.205. The first-order valence-corrected chi connectivity index (χ1v) is 8.60. The van der Waals surface area contributed by atoms with Gasteiger partial charge in [-0.15, -0.1) is 0 Å². The van der Waals surface area contributed by atoms with Gasteiger partial charge in [0.15, 0.2) is 0 Å². The third-order valence-corrected chi connectivity index (χ3v) is 4.56. The molecule has 0 saturated carbocycles. The molecule has 1 aromatic rings. The van der Waals surface area contributed by atoms with E-state index in [1.54, 1.807) is 29.2 Å². The second kappa shape index (κ2) is 7.47. The van der Waals surface area contributed by atoms with Crippen molar-refractivity contribution < 1.29 is 14.4 Å². The molecule has 3 rings (SSSR count). The summed E-state index contributed by atoms with van der Waals surface area (Å²) >= 11 is 0. The van der Waals surface area contributed by atoms with Gasteiger partial charge < -0.3 is 15.1 Å². The van der Waals surface area contributed by atoms with Crippen LogP contribution in [0.1, 0.15) is 42.5 Å². The predicted octanol–water partition coefficient (Wildman–Crippen LogP) is 1.87. The number of amides is 3. The number of rotatable bonds is 4. The second-order valence-corrected chi connectivity index (χ2v) is 6.40. The van der Waals surface area contributed by atoms with Gasteiger partial charge in [0.2, 0.25) is 11.8 Å². The largest absolute Gasteiger partial charge is 0.339 e. The van der Waals surface area contributed by atoms with Crippen LogP contribution < -0.4 is 5.32 Å². The van der Waals surface area contributed by atoms with Gasteiger partial charge in [0, 0.05) is 37.3 Å². The van der Waals surface area contributed by atoms with Crippen LogP contribution in [0.15, 0.2) is 24.3 Å². The smallest absolute Gasteiger partial charge is 0.253 e. The van der Waals surface area contributed by atoms with Gasteiger partial charge in [-0.3, -0.25) is 14.4 Å². The van der Waals surface area contributed by atoms with Gasteiger partial charge >= 0.3 is 0 Å². The highest BCUT2D eigenvalue weighted by molar-refractivity contribution is 5.97. The van der Waals surface area contributed by atoms with E-state index in [0.717, 1.165) is 38.8 Å². The van der Waals surface area contributed by atoms with Crippen molar-refractivity contribution in [1.29, 1.82) is 0 Å². The van der Waals surface area contributed by atoms with Gasteiger partial charge in [0.25, 0.3) is 5.91 Å². The molecular formula is C18H23N3O3. The number of piperidine rings is 1.